The molecule has 5 rings (SSSR count). The molecule has 0 unspecified atom stereocenters. The third kappa shape index (κ3) is 4.65. The molecule has 1 saturated carbocycles. The number of ether oxygens (including phenoxy) is 1. The van der Waals surface area contributed by atoms with Crippen LogP contribution in [0.5, 0.6) is 0 Å². The van der Waals surface area contributed by atoms with Crippen LogP contribution < -0.4 is 5.73 Å². The minimum absolute atomic E-state index is 0.0136. The van der Waals surface area contributed by atoms with Crippen molar-refractivity contribution < 1.29 is 19.1 Å². The van der Waals surface area contributed by atoms with Gasteiger partial charge in [-0.3, -0.25) is 14.4 Å². The average molecular weight is 500 g/mol. The van der Waals surface area contributed by atoms with Gasteiger partial charge < -0.3 is 20.3 Å². The van der Waals surface area contributed by atoms with Crippen molar-refractivity contribution in [2.45, 2.75) is 67.8 Å². The number of ketones is 1. The fourth-order valence-electron chi connectivity index (χ4n) is 6.76. The Hall–Kier alpha value is -1.90. The number of likely N-dealkylation sites (tertiary alicyclic amines) is 2. The maximum atomic E-state index is 14.3. The van der Waals surface area contributed by atoms with Crippen LogP contribution in [0.1, 0.15) is 71.8 Å². The monoisotopic (exact) mass is 499 g/mol. The Balaban J connectivity index is 1.54. The number of fused-ring (bicyclic) bond motifs is 1. The first-order valence-electron chi connectivity index (χ1n) is 13.0. The Bertz CT molecular complexity index is 987. The van der Waals surface area contributed by atoms with E-state index in [4.69, 9.17) is 10.5 Å². The van der Waals surface area contributed by atoms with Gasteiger partial charge in [0.25, 0.3) is 0 Å². The molecule has 4 fully saturated rings. The van der Waals surface area contributed by atoms with E-state index < -0.39 is 17.9 Å². The van der Waals surface area contributed by atoms with Gasteiger partial charge in [-0.2, -0.15) is 11.8 Å². The van der Waals surface area contributed by atoms with Crippen molar-refractivity contribution >= 4 is 29.4 Å². The number of thioether (sulfide) groups is 1. The first-order valence-corrected chi connectivity index (χ1v) is 14.3. The SMILES string of the molecule is CS[C@H]1CN(C(=O)[C@H](c2cc(C3CCN(C)CC3)ccc2C(N)=O)C2CCCC2)[C@@H]2C(=O)CO[C@H]12. The van der Waals surface area contributed by atoms with Crippen LogP contribution in [0.3, 0.4) is 0 Å². The average Bonchev–Trinajstić information content (AvgIpc) is 3.58. The molecule has 2 N–H and O–H groups in total. The molecule has 2 amide bonds. The van der Waals surface area contributed by atoms with Gasteiger partial charge in [0.1, 0.15) is 12.6 Å². The van der Waals surface area contributed by atoms with E-state index in [1.807, 2.05) is 18.4 Å². The Morgan fingerprint density at radius 3 is 2.51 bits per heavy atom. The lowest BCUT2D eigenvalue weighted by atomic mass is 9.78. The lowest BCUT2D eigenvalue weighted by Gasteiger charge is -2.33. The number of carbonyl (C=O) groups is 3. The van der Waals surface area contributed by atoms with E-state index in [2.05, 4.69) is 18.0 Å². The van der Waals surface area contributed by atoms with Crippen LogP contribution in [0.15, 0.2) is 18.2 Å². The van der Waals surface area contributed by atoms with Gasteiger partial charge in [0.15, 0.2) is 5.78 Å². The summed E-state index contributed by atoms with van der Waals surface area (Å²) in [7, 11) is 2.14. The molecule has 1 aromatic carbocycles. The highest BCUT2D eigenvalue weighted by Crippen LogP contribution is 2.43. The number of nitrogens with two attached hydrogens (primary N) is 1. The van der Waals surface area contributed by atoms with E-state index in [0.29, 0.717) is 18.0 Å². The summed E-state index contributed by atoms with van der Waals surface area (Å²) in [6.07, 6.45) is 7.94. The first-order chi connectivity index (χ1) is 16.9. The van der Waals surface area contributed by atoms with Crippen LogP contribution in [0.25, 0.3) is 0 Å². The summed E-state index contributed by atoms with van der Waals surface area (Å²) < 4.78 is 5.81. The summed E-state index contributed by atoms with van der Waals surface area (Å²) in [4.78, 5) is 43.8. The molecule has 0 bridgehead atoms. The van der Waals surface area contributed by atoms with Gasteiger partial charge in [-0.05, 0) is 81.1 Å². The number of carbonyl (C=O) groups excluding carboxylic acids is 3. The van der Waals surface area contributed by atoms with Crippen LogP contribution in [0, 0.1) is 5.92 Å². The van der Waals surface area contributed by atoms with Crippen LogP contribution >= 0.6 is 11.8 Å². The highest BCUT2D eigenvalue weighted by molar-refractivity contribution is 7.99. The number of hydrogen-bond donors (Lipinski definition) is 1. The number of nitrogens with zero attached hydrogens (tertiary/aromatic N) is 2. The molecule has 4 aliphatic rings. The molecule has 0 spiro atoms. The summed E-state index contributed by atoms with van der Waals surface area (Å²) in [6, 6.07) is 5.45. The third-order valence-corrected chi connectivity index (χ3v) is 9.75. The van der Waals surface area contributed by atoms with E-state index in [0.717, 1.165) is 57.2 Å². The van der Waals surface area contributed by atoms with Crippen molar-refractivity contribution in [3.8, 4) is 0 Å². The third-order valence-electron chi connectivity index (χ3n) is 8.73. The molecule has 8 heteroatoms. The maximum absolute atomic E-state index is 14.3. The van der Waals surface area contributed by atoms with E-state index in [1.54, 1.807) is 16.7 Å². The maximum Gasteiger partial charge on any atom is 0.249 e. The molecule has 1 aliphatic carbocycles. The van der Waals surface area contributed by atoms with E-state index in [1.165, 1.54) is 5.56 Å². The zero-order valence-electron chi connectivity index (χ0n) is 20.8. The second-order valence-electron chi connectivity index (χ2n) is 10.8. The van der Waals surface area contributed by atoms with Gasteiger partial charge >= 0.3 is 0 Å². The number of amides is 2. The predicted octanol–water partition coefficient (Wildman–Crippen LogP) is 2.78. The molecule has 3 heterocycles. The number of Topliss-reactive ketones (excluding diaryl/α,β-unsaturated/α-hetero) is 1. The molecule has 4 atom stereocenters. The van der Waals surface area contributed by atoms with Crippen LogP contribution in [-0.2, 0) is 14.3 Å². The number of primary amides is 1. The largest absolute Gasteiger partial charge is 0.367 e. The van der Waals surface area contributed by atoms with Crippen LogP contribution in [-0.4, -0.2) is 84.3 Å². The minimum atomic E-state index is -0.516. The van der Waals surface area contributed by atoms with Crippen molar-refractivity contribution in [1.29, 1.82) is 0 Å². The summed E-state index contributed by atoms with van der Waals surface area (Å²) >= 11 is 1.65. The van der Waals surface area contributed by atoms with Gasteiger partial charge in [0.2, 0.25) is 11.8 Å². The predicted molar refractivity (Wildman–Crippen MR) is 137 cm³/mol. The molecule has 35 heavy (non-hydrogen) atoms. The Morgan fingerprint density at radius 2 is 1.86 bits per heavy atom. The van der Waals surface area contributed by atoms with E-state index >= 15 is 0 Å². The standard InChI is InChI=1S/C27H37N3O4S/c1-29-11-9-16(10-12-29)18-7-8-19(26(28)32)20(13-18)23(17-5-3-4-6-17)27(33)30-14-22(35-2)25-24(30)21(31)15-34-25/h7-8,13,16-17,22-25H,3-6,9-12,14-15H2,1-2H3,(H2,28,32)/t22-,23-,24+,25+/m0/s1. The van der Waals surface area contributed by atoms with Crippen LogP contribution in [0.2, 0.25) is 0 Å². The normalized spacial score (nSPS) is 29.0. The highest BCUT2D eigenvalue weighted by atomic mass is 32.2. The lowest BCUT2D eigenvalue weighted by Crippen LogP contribution is -2.45. The smallest absolute Gasteiger partial charge is 0.249 e. The Labute approximate surface area is 212 Å². The zero-order valence-corrected chi connectivity index (χ0v) is 21.6. The molecule has 3 saturated heterocycles. The van der Waals surface area contributed by atoms with E-state index in [9.17, 15) is 14.4 Å². The van der Waals surface area contributed by atoms with Crippen molar-refractivity contribution in [2.75, 3.05) is 39.5 Å². The Morgan fingerprint density at radius 1 is 1.14 bits per heavy atom. The molecule has 0 radical (unpaired) electrons. The summed E-state index contributed by atoms with van der Waals surface area (Å²) in [5.74, 6) is -0.440. The highest BCUT2D eigenvalue weighted by Gasteiger charge is 2.53. The van der Waals surface area contributed by atoms with Gasteiger partial charge in [-0.25, -0.2) is 0 Å². The molecule has 3 aliphatic heterocycles. The fraction of sp³-hybridized carbons (Fsp3) is 0.667. The lowest BCUT2D eigenvalue weighted by molar-refractivity contribution is -0.138. The van der Waals surface area contributed by atoms with Crippen molar-refractivity contribution in [1.82, 2.24) is 9.80 Å². The summed E-state index contributed by atoms with van der Waals surface area (Å²) in [6.45, 7) is 2.66. The van der Waals surface area contributed by atoms with Gasteiger partial charge in [0, 0.05) is 12.1 Å². The van der Waals surface area contributed by atoms with Crippen LogP contribution in [0.4, 0.5) is 0 Å². The number of benzene rings is 1. The van der Waals surface area contributed by atoms with Gasteiger partial charge in [0.05, 0.1) is 17.3 Å². The molecule has 0 aromatic heterocycles. The molecular weight excluding hydrogens is 462 g/mol. The molecule has 7 nitrogen and oxygen atoms in total. The fourth-order valence-corrected chi connectivity index (χ4v) is 7.57. The number of hydrogen-bond acceptors (Lipinski definition) is 6. The number of piperidine rings is 1. The molecule has 1 aromatic rings. The zero-order chi connectivity index (χ0) is 24.7. The molecular formula is C27H37N3O4S. The quantitative estimate of drug-likeness (QED) is 0.647. The minimum Gasteiger partial charge on any atom is -0.367 e. The molecule has 190 valence electrons. The topological polar surface area (TPSA) is 92.9 Å². The van der Waals surface area contributed by atoms with Crippen molar-refractivity contribution in [3.05, 3.63) is 34.9 Å². The first kappa shape index (κ1) is 24.8. The van der Waals surface area contributed by atoms with Crippen molar-refractivity contribution in [3.63, 3.8) is 0 Å². The summed E-state index contributed by atoms with van der Waals surface area (Å²) in [5, 5.41) is 0.0841. The van der Waals surface area contributed by atoms with Crippen molar-refractivity contribution in [2.24, 2.45) is 11.7 Å². The van der Waals surface area contributed by atoms with Gasteiger partial charge in [-0.15, -0.1) is 0 Å². The number of rotatable bonds is 6. The Kier molecular flexibility index (Phi) is 7.24. The summed E-state index contributed by atoms with van der Waals surface area (Å²) in [5.41, 5.74) is 8.25. The van der Waals surface area contributed by atoms with E-state index in [-0.39, 0.29) is 35.6 Å². The van der Waals surface area contributed by atoms with Gasteiger partial charge in [-0.1, -0.05) is 25.0 Å². The second-order valence-corrected chi connectivity index (χ2v) is 11.8. The second kappa shape index (κ2) is 10.2.